The zero-order chi connectivity index (χ0) is 10.3. The highest BCUT2D eigenvalue weighted by atomic mass is 31.2. The maximum atomic E-state index is 11.0. The molecule has 0 heterocycles. The van der Waals surface area contributed by atoms with Gasteiger partial charge in [0.2, 0.25) is 0 Å². The van der Waals surface area contributed by atoms with Crippen LogP contribution in [-0.4, -0.2) is 5.97 Å². The lowest BCUT2D eigenvalue weighted by Gasteiger charge is -2.11. The molecule has 0 radical (unpaired) electrons. The second-order valence-corrected chi connectivity index (χ2v) is 4.50. The third kappa shape index (κ3) is 5.85. The minimum atomic E-state index is -1.64. The Morgan fingerprint density at radius 3 is 2.38 bits per heavy atom. The zero-order valence-electron chi connectivity index (χ0n) is 7.43. The first-order valence-corrected chi connectivity index (χ1v) is 5.61. The molecule has 13 heavy (non-hydrogen) atoms. The molecule has 8 heteroatoms. The summed E-state index contributed by atoms with van der Waals surface area (Å²) >= 11 is 0. The summed E-state index contributed by atoms with van der Waals surface area (Å²) < 4.78 is 13.8. The van der Waals surface area contributed by atoms with E-state index in [9.17, 15) is 4.79 Å². The molecule has 0 aromatic carbocycles. The number of hydrogen-bond acceptors (Lipinski definition) is 5. The Balaban J connectivity index is 3.68. The first-order chi connectivity index (χ1) is 6.15. The van der Waals surface area contributed by atoms with Crippen molar-refractivity contribution in [1.82, 2.24) is 0 Å². The van der Waals surface area contributed by atoms with Gasteiger partial charge in [0, 0.05) is 18.9 Å². The van der Waals surface area contributed by atoms with E-state index in [1.54, 1.807) is 6.92 Å². The topological polar surface area (TPSA) is 54.0 Å². The van der Waals surface area contributed by atoms with E-state index in [0.717, 1.165) is 0 Å². The van der Waals surface area contributed by atoms with Gasteiger partial charge in [0.1, 0.15) is 0 Å². The van der Waals surface area contributed by atoms with Crippen LogP contribution < -0.4 is 0 Å². The van der Waals surface area contributed by atoms with Gasteiger partial charge in [0.05, 0.1) is 5.92 Å². The van der Waals surface area contributed by atoms with E-state index in [1.807, 2.05) is 25.9 Å². The van der Waals surface area contributed by atoms with E-state index in [1.165, 1.54) is 0 Å². The molecule has 0 aliphatic carbocycles. The lowest BCUT2D eigenvalue weighted by molar-refractivity contribution is -0.220. The van der Waals surface area contributed by atoms with E-state index in [2.05, 4.69) is 18.2 Å². The standard InChI is InChI=1S/C5H13O5P3/c1-3-4(2)5(6)7-8-13(9-11)10-12/h4H,3,11-12H2,1-2H3. The molecule has 0 aliphatic heterocycles. The number of rotatable bonds is 6. The summed E-state index contributed by atoms with van der Waals surface area (Å²) in [7, 11) is 2.27. The first kappa shape index (κ1) is 13.6. The smallest absolute Gasteiger partial charge is 0.293 e. The van der Waals surface area contributed by atoms with Crippen LogP contribution in [0.5, 0.6) is 0 Å². The fourth-order valence-corrected chi connectivity index (χ4v) is 1.44. The molecule has 0 bridgehead atoms. The number of hydrogen-bond donors (Lipinski definition) is 0. The van der Waals surface area contributed by atoms with Crippen LogP contribution in [0.4, 0.5) is 0 Å². The summed E-state index contributed by atoms with van der Waals surface area (Å²) in [5.74, 6) is -0.620. The Hall–Kier alpha value is 0.640. The Bertz CT molecular complexity index is 151. The van der Waals surface area contributed by atoms with Crippen LogP contribution in [0.25, 0.3) is 0 Å². The maximum absolute atomic E-state index is 11.0. The lowest BCUT2D eigenvalue weighted by Crippen LogP contribution is -2.12. The molecule has 0 aromatic heterocycles. The highest BCUT2D eigenvalue weighted by Crippen LogP contribution is 2.44. The van der Waals surface area contributed by atoms with Gasteiger partial charge in [-0.2, -0.15) is 0 Å². The minimum Gasteiger partial charge on any atom is -0.293 e. The van der Waals surface area contributed by atoms with E-state index < -0.39 is 14.6 Å². The summed E-state index contributed by atoms with van der Waals surface area (Å²) in [6, 6.07) is 0. The predicted molar refractivity (Wildman–Crippen MR) is 55.1 cm³/mol. The van der Waals surface area contributed by atoms with Gasteiger partial charge in [-0.1, -0.05) is 13.8 Å². The fraction of sp³-hybridized carbons (Fsp3) is 0.800. The summed E-state index contributed by atoms with van der Waals surface area (Å²) in [4.78, 5) is 15.5. The molecule has 78 valence electrons. The van der Waals surface area contributed by atoms with Gasteiger partial charge in [-0.05, 0) is 6.42 Å². The van der Waals surface area contributed by atoms with Crippen molar-refractivity contribution in [2.75, 3.05) is 0 Å². The quantitative estimate of drug-likeness (QED) is 0.409. The van der Waals surface area contributed by atoms with E-state index in [0.29, 0.717) is 6.42 Å². The van der Waals surface area contributed by atoms with Crippen LogP contribution in [0.1, 0.15) is 20.3 Å². The maximum Gasteiger partial charge on any atom is 0.381 e. The third-order valence-corrected chi connectivity index (χ3v) is 2.94. The van der Waals surface area contributed by atoms with Crippen LogP contribution in [0, 0.1) is 5.92 Å². The van der Waals surface area contributed by atoms with Crippen LogP contribution in [-0.2, 0) is 23.0 Å². The predicted octanol–water partition coefficient (Wildman–Crippen LogP) is 2.35. The molecular weight excluding hydrogens is 233 g/mol. The molecule has 0 aromatic rings. The zero-order valence-corrected chi connectivity index (χ0v) is 10.6. The molecule has 0 rings (SSSR count). The molecule has 0 fully saturated rings. The third-order valence-electron chi connectivity index (χ3n) is 1.37. The molecule has 3 unspecified atom stereocenters. The van der Waals surface area contributed by atoms with Crippen LogP contribution in [0.2, 0.25) is 0 Å². The molecule has 0 amide bonds. The number of carbonyl (C=O) groups excluding carboxylic acids is 1. The molecule has 0 saturated carbocycles. The molecule has 0 spiro atoms. The van der Waals surface area contributed by atoms with Crippen molar-refractivity contribution in [1.29, 1.82) is 0 Å². The van der Waals surface area contributed by atoms with Gasteiger partial charge in [0.15, 0.2) is 0 Å². The SMILES string of the molecule is CCC(C)C(=O)OOP(OP)OP. The van der Waals surface area contributed by atoms with Crippen LogP contribution in [0.15, 0.2) is 0 Å². The van der Waals surface area contributed by atoms with Crippen molar-refractivity contribution in [3.8, 4) is 0 Å². The van der Waals surface area contributed by atoms with Gasteiger partial charge >= 0.3 is 14.6 Å². The van der Waals surface area contributed by atoms with E-state index in [-0.39, 0.29) is 5.92 Å². The summed E-state index contributed by atoms with van der Waals surface area (Å²) in [6.07, 6.45) is 0.698. The van der Waals surface area contributed by atoms with Crippen molar-refractivity contribution >= 4 is 33.5 Å². The van der Waals surface area contributed by atoms with E-state index >= 15 is 0 Å². The normalized spacial score (nSPS) is 13.0. The van der Waals surface area contributed by atoms with Crippen LogP contribution in [0.3, 0.4) is 0 Å². The van der Waals surface area contributed by atoms with Gasteiger partial charge in [-0.3, -0.25) is 13.5 Å². The average molecular weight is 246 g/mol. The van der Waals surface area contributed by atoms with Crippen molar-refractivity contribution < 1.29 is 23.0 Å². The van der Waals surface area contributed by atoms with Crippen LogP contribution >= 0.6 is 27.5 Å². The van der Waals surface area contributed by atoms with Gasteiger partial charge < -0.3 is 0 Å². The van der Waals surface area contributed by atoms with Gasteiger partial charge in [0.25, 0.3) is 0 Å². The molecule has 5 nitrogen and oxygen atoms in total. The second-order valence-electron chi connectivity index (χ2n) is 2.22. The summed E-state index contributed by atoms with van der Waals surface area (Å²) in [5, 5.41) is 0. The summed E-state index contributed by atoms with van der Waals surface area (Å²) in [5.41, 5.74) is 0. The molecule has 0 aliphatic rings. The highest BCUT2D eigenvalue weighted by Gasteiger charge is 2.17. The van der Waals surface area contributed by atoms with Crippen molar-refractivity contribution in [2.24, 2.45) is 5.92 Å². The lowest BCUT2D eigenvalue weighted by atomic mass is 10.1. The Kier molecular flexibility index (Phi) is 8.38. The summed E-state index contributed by atoms with van der Waals surface area (Å²) in [6.45, 7) is 3.63. The highest BCUT2D eigenvalue weighted by molar-refractivity contribution is 7.51. The Morgan fingerprint density at radius 1 is 1.46 bits per heavy atom. The van der Waals surface area contributed by atoms with Crippen molar-refractivity contribution in [3.63, 3.8) is 0 Å². The second kappa shape index (κ2) is 7.99. The van der Waals surface area contributed by atoms with Gasteiger partial charge in [-0.25, -0.2) is 4.79 Å². The molecule has 3 atom stereocenters. The Morgan fingerprint density at radius 2 is 2.00 bits per heavy atom. The number of carbonyl (C=O) groups is 1. The average Bonchev–Trinajstić information content (AvgIpc) is 2.17. The van der Waals surface area contributed by atoms with E-state index in [4.69, 9.17) is 0 Å². The van der Waals surface area contributed by atoms with Crippen molar-refractivity contribution in [3.05, 3.63) is 0 Å². The van der Waals surface area contributed by atoms with Gasteiger partial charge in [-0.15, -0.1) is 4.67 Å². The Labute approximate surface area is 83.3 Å². The molecule has 0 saturated heterocycles. The minimum absolute atomic E-state index is 0.189. The van der Waals surface area contributed by atoms with Crippen molar-refractivity contribution in [2.45, 2.75) is 20.3 Å². The fourth-order valence-electron chi connectivity index (χ4n) is 0.376. The monoisotopic (exact) mass is 246 g/mol. The molecule has 0 N–H and O–H groups in total. The first-order valence-electron chi connectivity index (χ1n) is 3.58. The largest absolute Gasteiger partial charge is 0.381 e. The molecular formula is C5H13O5P3.